The van der Waals surface area contributed by atoms with Crippen molar-refractivity contribution in [3.05, 3.63) is 71.4 Å². The number of fused-ring (bicyclic) bond motifs is 2. The predicted molar refractivity (Wildman–Crippen MR) is 192 cm³/mol. The SMILES string of the molecule is CN1CC[C@H]2CC[C@@H](C(=O)N[C@@H](CCC(N)=O)C(=O)NC3(c4ccccc4)CCC3)N2C(=O)[C@@H](NC(=O)c2cc3cc(C(F)(F)OP(O)O)ccc3[nH]2)C1. The largest absolute Gasteiger partial charge is 0.389 e. The molecule has 54 heavy (non-hydrogen) atoms. The number of halogens is 2. The molecule has 3 aromatic rings. The topological polar surface area (TPSA) is 219 Å². The summed E-state index contributed by atoms with van der Waals surface area (Å²) in [4.78, 5) is 91.5. The van der Waals surface area contributed by atoms with Gasteiger partial charge < -0.3 is 46.3 Å². The first-order valence-electron chi connectivity index (χ1n) is 17.8. The van der Waals surface area contributed by atoms with Gasteiger partial charge in [0, 0.05) is 29.9 Å². The van der Waals surface area contributed by atoms with Crippen LogP contribution in [0.1, 0.15) is 73.0 Å². The van der Waals surface area contributed by atoms with E-state index in [0.29, 0.717) is 44.2 Å². The van der Waals surface area contributed by atoms with Gasteiger partial charge in [-0.1, -0.05) is 30.3 Å². The molecule has 2 aromatic carbocycles. The molecule has 5 amide bonds. The molecule has 1 aromatic heterocycles. The highest BCUT2D eigenvalue weighted by atomic mass is 31.2. The summed E-state index contributed by atoms with van der Waals surface area (Å²) in [6.07, 6.45) is -0.433. The van der Waals surface area contributed by atoms with Gasteiger partial charge in [0.2, 0.25) is 23.6 Å². The van der Waals surface area contributed by atoms with Crippen LogP contribution in [-0.4, -0.2) is 98.4 Å². The van der Waals surface area contributed by atoms with Gasteiger partial charge in [-0.2, -0.15) is 8.78 Å². The van der Waals surface area contributed by atoms with Crippen LogP contribution in [0.3, 0.4) is 0 Å². The molecule has 2 aliphatic heterocycles. The minimum absolute atomic E-state index is 0.0224. The van der Waals surface area contributed by atoms with Crippen LogP contribution in [0.25, 0.3) is 10.9 Å². The van der Waals surface area contributed by atoms with Crippen LogP contribution >= 0.6 is 8.60 Å². The van der Waals surface area contributed by atoms with Gasteiger partial charge in [-0.25, -0.2) is 4.52 Å². The Labute approximate surface area is 311 Å². The summed E-state index contributed by atoms with van der Waals surface area (Å²) >= 11 is 0. The van der Waals surface area contributed by atoms with Crippen molar-refractivity contribution < 1.29 is 47.1 Å². The predicted octanol–water partition coefficient (Wildman–Crippen LogP) is 2.18. The van der Waals surface area contributed by atoms with E-state index in [2.05, 4.69) is 25.5 Å². The normalized spacial score (nSPS) is 22.1. The van der Waals surface area contributed by atoms with E-state index in [0.717, 1.165) is 24.1 Å². The second-order valence-electron chi connectivity index (χ2n) is 14.3. The van der Waals surface area contributed by atoms with Crippen LogP contribution in [0.4, 0.5) is 8.78 Å². The van der Waals surface area contributed by atoms with E-state index in [4.69, 9.17) is 15.5 Å². The number of benzene rings is 2. The minimum Gasteiger partial charge on any atom is -0.370 e. The second kappa shape index (κ2) is 16.1. The highest BCUT2D eigenvalue weighted by molar-refractivity contribution is 7.39. The molecule has 0 bridgehead atoms. The van der Waals surface area contributed by atoms with Gasteiger partial charge >= 0.3 is 14.7 Å². The van der Waals surface area contributed by atoms with Crippen molar-refractivity contribution in [1.82, 2.24) is 30.7 Å². The lowest BCUT2D eigenvalue weighted by Gasteiger charge is -2.44. The first kappa shape index (κ1) is 39.2. The summed E-state index contributed by atoms with van der Waals surface area (Å²) in [6.45, 7) is 0.683. The van der Waals surface area contributed by atoms with E-state index < -0.39 is 73.5 Å². The number of aromatic amines is 1. The summed E-state index contributed by atoms with van der Waals surface area (Å²) in [5.74, 6) is -2.83. The number of hydrogen-bond donors (Lipinski definition) is 7. The molecule has 8 N–H and O–H groups in total. The van der Waals surface area contributed by atoms with Gasteiger partial charge in [-0.05, 0) is 88.4 Å². The Morgan fingerprint density at radius 1 is 1.09 bits per heavy atom. The average Bonchev–Trinajstić information content (AvgIpc) is 3.73. The number of rotatable bonds is 13. The third kappa shape index (κ3) is 8.55. The maximum absolute atomic E-state index is 14.4. The Kier molecular flexibility index (Phi) is 11.6. The number of nitrogens with zero attached hydrogens (tertiary/aromatic N) is 2. The maximum Gasteiger partial charge on any atom is 0.389 e. The zero-order chi connectivity index (χ0) is 38.8. The van der Waals surface area contributed by atoms with Gasteiger partial charge in [-0.15, -0.1) is 0 Å². The Bertz CT molecular complexity index is 1890. The van der Waals surface area contributed by atoms with Crippen molar-refractivity contribution in [3.8, 4) is 0 Å². The number of nitrogens with two attached hydrogens (primary N) is 1. The number of hydrogen-bond acceptors (Lipinski definition) is 9. The molecular weight excluding hydrogens is 727 g/mol. The molecule has 2 saturated heterocycles. The number of alkyl halides is 2. The Morgan fingerprint density at radius 3 is 2.50 bits per heavy atom. The molecule has 3 aliphatic rings. The number of amides is 5. The van der Waals surface area contributed by atoms with Gasteiger partial charge in [0.1, 0.15) is 23.8 Å². The Balaban J connectivity index is 1.18. The standard InChI is InChI=1S/C36H44F2N7O8P/c1-44-17-14-24-9-12-29(33(49)41-26(11-13-30(39)46)32(48)43-35(15-5-16-35)22-6-3-2-4-7-22)45(24)34(50)28(20-44)42-31(47)27-19-21-18-23(8-10-25(21)40-27)36(37,38)53-54(51)52/h2-4,6-8,10,18-19,24,26,28-29,40,51-52H,5,9,11-17,20H2,1H3,(H2,39,46)(H,41,49)(H,42,47)(H,43,48)/t24-,26+,28+,29+/m1/s1. The molecule has 1 saturated carbocycles. The number of carbonyl (C=O) groups excluding carboxylic acids is 5. The van der Waals surface area contributed by atoms with Gasteiger partial charge in [0.05, 0.1) is 11.1 Å². The molecule has 6 rings (SSSR count). The summed E-state index contributed by atoms with van der Waals surface area (Å²) in [6, 6.07) is 10.7. The van der Waals surface area contributed by atoms with E-state index in [1.807, 2.05) is 42.3 Å². The second-order valence-corrected chi connectivity index (χ2v) is 15.0. The lowest BCUT2D eigenvalue weighted by atomic mass is 9.71. The first-order chi connectivity index (χ1) is 25.7. The zero-order valence-electron chi connectivity index (χ0n) is 29.6. The lowest BCUT2D eigenvalue weighted by molar-refractivity contribution is -0.189. The molecule has 18 heteroatoms. The summed E-state index contributed by atoms with van der Waals surface area (Å²) in [7, 11) is -1.53. The molecule has 0 unspecified atom stereocenters. The van der Waals surface area contributed by atoms with Crippen molar-refractivity contribution in [3.63, 3.8) is 0 Å². The number of primary amides is 1. The number of nitrogens with one attached hydrogen (secondary N) is 4. The molecule has 3 fully saturated rings. The zero-order valence-corrected chi connectivity index (χ0v) is 30.5. The maximum atomic E-state index is 14.4. The highest BCUT2D eigenvalue weighted by Gasteiger charge is 2.46. The molecule has 4 atom stereocenters. The minimum atomic E-state index is -4.00. The van der Waals surface area contributed by atoms with Crippen molar-refractivity contribution in [2.45, 2.75) is 87.2 Å². The molecule has 15 nitrogen and oxygen atoms in total. The van der Waals surface area contributed by atoms with E-state index in [1.165, 1.54) is 17.0 Å². The fraction of sp³-hybridized carbons (Fsp3) is 0.472. The molecule has 0 radical (unpaired) electrons. The fourth-order valence-electron chi connectivity index (χ4n) is 7.64. The first-order valence-corrected chi connectivity index (χ1v) is 19.0. The third-order valence-corrected chi connectivity index (χ3v) is 11.0. The number of aromatic nitrogens is 1. The Hall–Kier alpha value is -4.54. The average molecular weight is 772 g/mol. The highest BCUT2D eigenvalue weighted by Crippen LogP contribution is 2.43. The Morgan fingerprint density at radius 2 is 1.83 bits per heavy atom. The summed E-state index contributed by atoms with van der Waals surface area (Å²) in [5, 5.41) is 8.89. The molecule has 0 spiro atoms. The lowest BCUT2D eigenvalue weighted by Crippen LogP contribution is -2.62. The molecule has 290 valence electrons. The van der Waals surface area contributed by atoms with E-state index >= 15 is 0 Å². The van der Waals surface area contributed by atoms with Crippen LogP contribution in [0.2, 0.25) is 0 Å². The van der Waals surface area contributed by atoms with Crippen molar-refractivity contribution in [2.75, 3.05) is 20.1 Å². The van der Waals surface area contributed by atoms with Crippen LogP contribution in [0.5, 0.6) is 0 Å². The van der Waals surface area contributed by atoms with E-state index in [-0.39, 0.29) is 36.5 Å². The van der Waals surface area contributed by atoms with Crippen molar-refractivity contribution in [1.29, 1.82) is 0 Å². The van der Waals surface area contributed by atoms with Crippen LogP contribution < -0.4 is 21.7 Å². The van der Waals surface area contributed by atoms with Gasteiger partial charge in [-0.3, -0.25) is 24.0 Å². The fourth-order valence-corrected chi connectivity index (χ4v) is 7.95. The number of H-pyrrole nitrogens is 1. The summed E-state index contributed by atoms with van der Waals surface area (Å²) in [5.41, 5.74) is 5.42. The van der Waals surface area contributed by atoms with Crippen molar-refractivity contribution in [2.24, 2.45) is 5.73 Å². The third-order valence-electron chi connectivity index (χ3n) is 10.6. The summed E-state index contributed by atoms with van der Waals surface area (Å²) < 4.78 is 32.7. The van der Waals surface area contributed by atoms with Crippen molar-refractivity contribution >= 4 is 49.0 Å². The van der Waals surface area contributed by atoms with Crippen LogP contribution in [-0.2, 0) is 35.3 Å². The monoisotopic (exact) mass is 771 g/mol. The molecular formula is C36H44F2N7O8P. The van der Waals surface area contributed by atoms with Crippen LogP contribution in [0.15, 0.2) is 54.6 Å². The van der Waals surface area contributed by atoms with Gasteiger partial charge in [0.25, 0.3) is 5.91 Å². The molecule has 3 heterocycles. The number of likely N-dealkylation sites (N-methyl/N-ethyl adjacent to an activating group) is 1. The quantitative estimate of drug-likeness (QED) is 0.127. The van der Waals surface area contributed by atoms with Crippen LogP contribution in [0, 0.1) is 0 Å². The molecule has 1 aliphatic carbocycles. The van der Waals surface area contributed by atoms with E-state index in [1.54, 1.807) is 0 Å². The number of carbonyl (C=O) groups is 5. The van der Waals surface area contributed by atoms with E-state index in [9.17, 15) is 32.8 Å². The smallest absolute Gasteiger partial charge is 0.370 e. The van der Waals surface area contributed by atoms with Gasteiger partial charge in [0.15, 0.2) is 0 Å².